The Kier molecular flexibility index (Phi) is 6.32. The molecule has 0 bridgehead atoms. The summed E-state index contributed by atoms with van der Waals surface area (Å²) in [6.07, 6.45) is 5.08. The zero-order valence-electron chi connectivity index (χ0n) is 19.9. The molecule has 3 aromatic carbocycles. The molecule has 0 spiro atoms. The average molecular weight is 498 g/mol. The monoisotopic (exact) mass is 497 g/mol. The second-order valence-electron chi connectivity index (χ2n) is 9.51. The number of benzene rings is 3. The second-order valence-corrected chi connectivity index (χ2v) is 9.92. The number of β-amino-alcohol motifs (C(OH)–C–C–N with tert-alkyl or cyclic N) is 1. The fourth-order valence-corrected chi connectivity index (χ4v) is 5.14. The molecule has 0 amide bonds. The lowest BCUT2D eigenvalue weighted by Crippen LogP contribution is -2.37. The van der Waals surface area contributed by atoms with E-state index in [-0.39, 0.29) is 12.1 Å². The lowest BCUT2D eigenvalue weighted by Gasteiger charge is -2.31. The van der Waals surface area contributed by atoms with Gasteiger partial charge >= 0.3 is 0 Å². The molecule has 3 heterocycles. The van der Waals surface area contributed by atoms with Gasteiger partial charge in [-0.1, -0.05) is 54.1 Å². The maximum Gasteiger partial charge on any atom is 0.139 e. The van der Waals surface area contributed by atoms with Crippen molar-refractivity contribution in [2.24, 2.45) is 4.99 Å². The van der Waals surface area contributed by atoms with E-state index in [1.54, 1.807) is 0 Å². The third-order valence-electron chi connectivity index (χ3n) is 6.85. The van der Waals surface area contributed by atoms with Gasteiger partial charge < -0.3 is 15.4 Å². The molecule has 2 atom stereocenters. The number of aromatic amines is 1. The number of hydrogen-bond acceptors (Lipinski definition) is 5. The van der Waals surface area contributed by atoms with Crippen molar-refractivity contribution in [1.82, 2.24) is 14.9 Å². The van der Waals surface area contributed by atoms with E-state index >= 15 is 0 Å². The first-order chi connectivity index (χ1) is 17.6. The third-order valence-corrected chi connectivity index (χ3v) is 7.18. The highest BCUT2D eigenvalue weighted by Crippen LogP contribution is 2.33. The Balaban J connectivity index is 1.19. The first-order valence-corrected chi connectivity index (χ1v) is 12.7. The van der Waals surface area contributed by atoms with E-state index < -0.39 is 0 Å². The van der Waals surface area contributed by atoms with Crippen molar-refractivity contribution >= 4 is 29.2 Å². The van der Waals surface area contributed by atoms with Crippen LogP contribution in [-0.4, -0.2) is 51.4 Å². The van der Waals surface area contributed by atoms with Crippen molar-refractivity contribution in [3.8, 4) is 22.6 Å². The molecule has 0 saturated heterocycles. The first kappa shape index (κ1) is 23.0. The number of anilines is 2. The first-order valence-electron chi connectivity index (χ1n) is 12.3. The highest BCUT2D eigenvalue weighted by Gasteiger charge is 2.24. The summed E-state index contributed by atoms with van der Waals surface area (Å²) in [5.74, 6) is 0.739. The van der Waals surface area contributed by atoms with E-state index in [0.29, 0.717) is 11.6 Å². The predicted molar refractivity (Wildman–Crippen MR) is 146 cm³/mol. The molecule has 182 valence electrons. The number of aromatic nitrogens is 2. The van der Waals surface area contributed by atoms with Gasteiger partial charge in [-0.2, -0.15) is 0 Å². The summed E-state index contributed by atoms with van der Waals surface area (Å²) in [7, 11) is 0. The summed E-state index contributed by atoms with van der Waals surface area (Å²) in [5.41, 5.74) is 7.59. The number of aliphatic imine (C=N–C) groups is 1. The predicted octanol–water partition coefficient (Wildman–Crippen LogP) is 5.70. The van der Waals surface area contributed by atoms with Crippen molar-refractivity contribution in [2.45, 2.75) is 31.5 Å². The average Bonchev–Trinajstić information content (AvgIpc) is 3.56. The molecule has 0 saturated carbocycles. The molecule has 6 nitrogen and oxygen atoms in total. The fourth-order valence-electron chi connectivity index (χ4n) is 4.94. The molecular formula is C29H28ClN5O. The van der Waals surface area contributed by atoms with E-state index in [1.165, 1.54) is 11.1 Å². The number of aliphatic hydroxyl groups excluding tert-OH is 1. The van der Waals surface area contributed by atoms with Gasteiger partial charge in [0.2, 0.25) is 0 Å². The van der Waals surface area contributed by atoms with Crippen LogP contribution in [0.2, 0.25) is 5.02 Å². The zero-order chi connectivity index (χ0) is 24.5. The van der Waals surface area contributed by atoms with E-state index in [2.05, 4.69) is 55.5 Å². The smallest absolute Gasteiger partial charge is 0.139 e. The van der Waals surface area contributed by atoms with E-state index in [9.17, 15) is 5.11 Å². The Morgan fingerprint density at radius 3 is 2.81 bits per heavy atom. The molecule has 3 N–H and O–H groups in total. The molecule has 4 aromatic rings. The second kappa shape index (κ2) is 9.90. The van der Waals surface area contributed by atoms with Gasteiger partial charge in [0.25, 0.3) is 0 Å². The number of fused-ring (bicyclic) bond motifs is 1. The minimum Gasteiger partial charge on any atom is -0.392 e. The van der Waals surface area contributed by atoms with Crippen LogP contribution in [0.4, 0.5) is 11.4 Å². The number of nitrogens with one attached hydrogen (secondary N) is 2. The number of rotatable bonds is 8. The van der Waals surface area contributed by atoms with Gasteiger partial charge in [0.1, 0.15) is 5.82 Å². The Morgan fingerprint density at radius 1 is 1.11 bits per heavy atom. The van der Waals surface area contributed by atoms with Gasteiger partial charge in [-0.3, -0.25) is 9.89 Å². The fraction of sp³-hybridized carbons (Fsp3) is 0.241. The van der Waals surface area contributed by atoms with Crippen molar-refractivity contribution in [3.63, 3.8) is 0 Å². The van der Waals surface area contributed by atoms with Crippen molar-refractivity contribution in [3.05, 3.63) is 89.1 Å². The van der Waals surface area contributed by atoms with Gasteiger partial charge in [-0.05, 0) is 47.4 Å². The van der Waals surface area contributed by atoms with Crippen LogP contribution in [-0.2, 0) is 13.0 Å². The molecule has 6 rings (SSSR count). The number of H-pyrrole nitrogens is 1. The van der Waals surface area contributed by atoms with Gasteiger partial charge in [0.15, 0.2) is 0 Å². The quantitative estimate of drug-likeness (QED) is 0.292. The van der Waals surface area contributed by atoms with Gasteiger partial charge in [-0.15, -0.1) is 0 Å². The van der Waals surface area contributed by atoms with Crippen LogP contribution >= 0.6 is 11.6 Å². The van der Waals surface area contributed by atoms with Crippen LogP contribution in [0.1, 0.15) is 17.5 Å². The molecule has 36 heavy (non-hydrogen) atoms. The SMILES string of the molecule is O[C@H](CC1C=N1)CN1CCc2c(cccc2Nc2ccc(Cl)c(-c3ncc(-c4ccccc4)[nH]3)c2)C1. The summed E-state index contributed by atoms with van der Waals surface area (Å²) in [5, 5.41) is 14.6. The Bertz CT molecular complexity index is 1390. The zero-order valence-corrected chi connectivity index (χ0v) is 20.6. The number of halogens is 1. The number of aliphatic hydroxyl groups is 1. The summed E-state index contributed by atoms with van der Waals surface area (Å²) >= 11 is 6.58. The minimum absolute atomic E-state index is 0.253. The normalized spacial score (nSPS) is 17.6. The van der Waals surface area contributed by atoms with Crippen LogP contribution < -0.4 is 5.32 Å². The molecule has 0 fully saturated rings. The van der Waals surface area contributed by atoms with Gasteiger partial charge in [0.05, 0.1) is 29.1 Å². The molecule has 2 aliphatic heterocycles. The molecule has 0 radical (unpaired) electrons. The molecule has 1 unspecified atom stereocenters. The van der Waals surface area contributed by atoms with Crippen LogP contribution in [0.15, 0.2) is 77.9 Å². The van der Waals surface area contributed by atoms with E-state index in [4.69, 9.17) is 11.6 Å². The summed E-state index contributed by atoms with van der Waals surface area (Å²) in [6, 6.07) is 22.7. The Labute approximate surface area is 215 Å². The lowest BCUT2D eigenvalue weighted by atomic mass is 9.97. The molecule has 2 aliphatic rings. The van der Waals surface area contributed by atoms with Crippen LogP contribution in [0.3, 0.4) is 0 Å². The Morgan fingerprint density at radius 2 is 1.97 bits per heavy atom. The van der Waals surface area contributed by atoms with Crippen molar-refractivity contribution in [2.75, 3.05) is 18.4 Å². The topological polar surface area (TPSA) is 76.5 Å². The minimum atomic E-state index is -0.336. The van der Waals surface area contributed by atoms with E-state index in [0.717, 1.165) is 60.0 Å². The molecule has 0 aliphatic carbocycles. The van der Waals surface area contributed by atoms with E-state index in [1.807, 2.05) is 48.8 Å². The summed E-state index contributed by atoms with van der Waals surface area (Å²) in [4.78, 5) is 14.5. The van der Waals surface area contributed by atoms with Crippen molar-refractivity contribution < 1.29 is 5.11 Å². The molecule has 1 aromatic heterocycles. The molecule has 7 heteroatoms. The highest BCUT2D eigenvalue weighted by molar-refractivity contribution is 6.33. The van der Waals surface area contributed by atoms with Gasteiger partial charge in [-0.25, -0.2) is 4.98 Å². The number of nitrogens with zero attached hydrogens (tertiary/aromatic N) is 3. The van der Waals surface area contributed by atoms with Crippen LogP contribution in [0.5, 0.6) is 0 Å². The third kappa shape index (κ3) is 5.07. The number of imidazole rings is 1. The summed E-state index contributed by atoms with van der Waals surface area (Å²) in [6.45, 7) is 2.45. The molecular weight excluding hydrogens is 470 g/mol. The van der Waals surface area contributed by atoms with Gasteiger partial charge in [0, 0.05) is 49.2 Å². The number of hydrogen-bond donors (Lipinski definition) is 3. The van der Waals surface area contributed by atoms with Crippen molar-refractivity contribution in [1.29, 1.82) is 0 Å². The lowest BCUT2D eigenvalue weighted by molar-refractivity contribution is 0.0995. The largest absolute Gasteiger partial charge is 0.392 e. The standard InChI is InChI=1S/C29H28ClN5O/c30-26-10-9-21(14-25(26)29-32-16-28(34-29)19-5-2-1-3-6-19)33-27-8-4-7-20-17-35(12-11-24(20)27)18-23(36)13-22-15-31-22/h1-10,14-16,22-23,33,36H,11-13,17-18H2,(H,32,34)/t22?,23-/m1/s1. The van der Waals surface area contributed by atoms with Crippen LogP contribution in [0, 0.1) is 0 Å². The maximum absolute atomic E-state index is 10.4. The maximum atomic E-state index is 10.4. The highest BCUT2D eigenvalue weighted by atomic mass is 35.5. The van der Waals surface area contributed by atoms with Crippen LogP contribution in [0.25, 0.3) is 22.6 Å². The Hall–Kier alpha value is -3.45. The summed E-state index contributed by atoms with van der Waals surface area (Å²) < 4.78 is 0.